The molecule has 0 bridgehead atoms. The number of aliphatic hydroxyl groups is 2. The number of esters is 6. The summed E-state index contributed by atoms with van der Waals surface area (Å²) in [5, 5.41) is 15.2. The van der Waals surface area contributed by atoms with Crippen molar-refractivity contribution in [3.8, 4) is 0 Å². The number of carbonyl (C=O) groups excluding carboxylic acids is 6. The third kappa shape index (κ3) is 35.5. The van der Waals surface area contributed by atoms with E-state index in [-0.39, 0.29) is 50.6 Å². The van der Waals surface area contributed by atoms with E-state index in [4.69, 9.17) is 28.4 Å². The van der Waals surface area contributed by atoms with Gasteiger partial charge in [0.2, 0.25) is 0 Å². The molecule has 77 heavy (non-hydrogen) atoms. The molecule has 2 N–H and O–H groups in total. The number of hydrogen-bond donors (Lipinski definition) is 2. The first-order chi connectivity index (χ1) is 36.3. The van der Waals surface area contributed by atoms with E-state index in [2.05, 4.69) is 86.8 Å². The van der Waals surface area contributed by atoms with Crippen LogP contribution in [0.5, 0.6) is 0 Å². The van der Waals surface area contributed by atoms with E-state index in [1.54, 1.807) is 0 Å². The molecule has 2 saturated heterocycles. The molecular formula is C54H82CaO20S2. The number of allylic oxidation sites excluding steroid dienone is 12. The van der Waals surface area contributed by atoms with Crippen molar-refractivity contribution in [1.82, 2.24) is 0 Å². The van der Waals surface area contributed by atoms with E-state index >= 15 is 0 Å². The maximum atomic E-state index is 12.2. The van der Waals surface area contributed by atoms with E-state index in [9.17, 15) is 64.9 Å². The Morgan fingerprint density at radius 2 is 0.805 bits per heavy atom. The minimum Gasteiger partial charge on any atom is -0.747 e. The second-order valence-corrected chi connectivity index (χ2v) is 21.9. The summed E-state index contributed by atoms with van der Waals surface area (Å²) in [6, 6.07) is 0. The number of unbranched alkanes of at least 4 members (excludes halogenated alkanes) is 10. The van der Waals surface area contributed by atoms with Crippen LogP contribution >= 0.6 is 0 Å². The Hall–Kier alpha value is -3.74. The van der Waals surface area contributed by atoms with Gasteiger partial charge in [0.05, 0.1) is 36.9 Å². The summed E-state index contributed by atoms with van der Waals surface area (Å²) in [6.45, 7) is -0.0526. The Labute approximate surface area is 486 Å². The smallest absolute Gasteiger partial charge is 0.747 e. The molecule has 2 fully saturated rings. The fraction of sp³-hybridized carbons (Fsp3) is 0.667. The van der Waals surface area contributed by atoms with Crippen LogP contribution in [0.1, 0.15) is 155 Å². The first-order valence-electron chi connectivity index (χ1n) is 26.2. The molecule has 2 rings (SSSR count). The summed E-state index contributed by atoms with van der Waals surface area (Å²) >= 11 is 0. The zero-order valence-corrected chi connectivity index (χ0v) is 48.9. The molecular weight excluding hydrogens is 1070 g/mol. The average Bonchev–Trinajstić information content (AvgIpc) is 3.49. The molecule has 2 aliphatic rings. The van der Waals surface area contributed by atoms with Crippen LogP contribution in [-0.4, -0.2) is 173 Å². The van der Waals surface area contributed by atoms with Crippen molar-refractivity contribution in [2.24, 2.45) is 10.8 Å². The van der Waals surface area contributed by atoms with Crippen LogP contribution in [0.4, 0.5) is 0 Å². The molecule has 0 aromatic heterocycles. The monoisotopic (exact) mass is 1150 g/mol. The van der Waals surface area contributed by atoms with E-state index < -0.39 is 143 Å². The van der Waals surface area contributed by atoms with Crippen LogP contribution in [0.25, 0.3) is 0 Å². The summed E-state index contributed by atoms with van der Waals surface area (Å²) in [5.41, 5.74) is -2.92. The molecule has 0 aromatic carbocycles. The van der Waals surface area contributed by atoms with Gasteiger partial charge in [-0.25, -0.2) is 16.8 Å². The number of carbonyl (C=O) groups is 6. The van der Waals surface area contributed by atoms with Crippen molar-refractivity contribution in [2.75, 3.05) is 52.9 Å². The number of rotatable bonds is 34. The van der Waals surface area contributed by atoms with Crippen LogP contribution < -0.4 is 0 Å². The molecule has 0 radical (unpaired) electrons. The minimum absolute atomic E-state index is 0. The molecule has 0 amide bonds. The molecule has 432 valence electrons. The maximum Gasteiger partial charge on any atom is 2.00 e. The fourth-order valence-electron chi connectivity index (χ4n) is 7.04. The third-order valence-electron chi connectivity index (χ3n) is 11.9. The Morgan fingerprint density at radius 1 is 0.506 bits per heavy atom. The predicted molar refractivity (Wildman–Crippen MR) is 285 cm³/mol. The molecule has 0 aliphatic carbocycles. The van der Waals surface area contributed by atoms with Gasteiger partial charge in [-0.3, -0.25) is 28.8 Å². The topological polar surface area (TPSA) is 313 Å². The van der Waals surface area contributed by atoms with E-state index in [0.717, 1.165) is 103 Å². The maximum absolute atomic E-state index is 12.2. The van der Waals surface area contributed by atoms with Gasteiger partial charge in [0.1, 0.15) is 59.9 Å². The fourth-order valence-corrected chi connectivity index (χ4v) is 8.33. The predicted octanol–water partition coefficient (Wildman–Crippen LogP) is 6.62. The van der Waals surface area contributed by atoms with Crippen LogP contribution in [0, 0.1) is 10.8 Å². The molecule has 2 aliphatic heterocycles. The number of aliphatic hydroxyl groups excluding tert-OH is 2. The Balaban J connectivity index is 0.00000148. The van der Waals surface area contributed by atoms with Gasteiger partial charge in [0.15, 0.2) is 10.5 Å². The summed E-state index contributed by atoms with van der Waals surface area (Å²) in [5.74, 6) is -6.08. The van der Waals surface area contributed by atoms with Crippen molar-refractivity contribution in [3.05, 3.63) is 72.9 Å². The van der Waals surface area contributed by atoms with Crippen molar-refractivity contribution >= 4 is 93.8 Å². The standard InChI is InChI=1S/2C27H42O10S.Ca/c2*1-2-3-4-5-6-7-8-9-10-11-12-13-14-15-16-17-24(29)35-20-27(19-28)21-36-25(30)18-23(38(32,33)34)26(31)37-22-27;/h2*3-4,6-7,9-10,23,28H,2,5,8,11-22H2,1H3,(H,32,33,34);/q;;+2/p-2/b2*4-3-,7-6-,10-9-;. The largest absolute Gasteiger partial charge is 2.00 e. The first-order valence-corrected chi connectivity index (χ1v) is 29.2. The van der Waals surface area contributed by atoms with Crippen molar-refractivity contribution < 1.29 is 93.3 Å². The molecule has 0 saturated carbocycles. The van der Waals surface area contributed by atoms with Gasteiger partial charge >= 0.3 is 73.6 Å². The summed E-state index contributed by atoms with van der Waals surface area (Å²) < 4.78 is 97.6. The number of hydrogen-bond acceptors (Lipinski definition) is 20. The zero-order chi connectivity index (χ0) is 56.6. The molecule has 4 atom stereocenters. The van der Waals surface area contributed by atoms with Gasteiger partial charge < -0.3 is 47.7 Å². The second-order valence-electron chi connectivity index (χ2n) is 18.7. The van der Waals surface area contributed by atoms with Crippen LogP contribution in [0.2, 0.25) is 0 Å². The van der Waals surface area contributed by atoms with Crippen LogP contribution in [0.15, 0.2) is 72.9 Å². The first kappa shape index (κ1) is 73.3. The van der Waals surface area contributed by atoms with Crippen LogP contribution in [-0.2, 0) is 77.4 Å². The summed E-state index contributed by atoms with van der Waals surface area (Å²) in [7, 11) is -10.3. The molecule has 23 heteroatoms. The van der Waals surface area contributed by atoms with E-state index in [1.807, 2.05) is 0 Å². The SMILES string of the molecule is CC/C=C\C/C=C\C/C=C\CCCCCCCC(=O)OCC1(CO)COC(=O)CC(S(=O)(=O)[O-])C(=O)OC1.CC/C=C\C/C=C\C/C=C\CCCCCCCC(=O)OCC1(CO)COC(=O)CC(S(=O)(=O)[O-])C(=O)OC1.[Ca+2]. The van der Waals surface area contributed by atoms with Gasteiger partial charge in [-0.2, -0.15) is 0 Å². The van der Waals surface area contributed by atoms with Gasteiger partial charge in [0.25, 0.3) is 0 Å². The van der Waals surface area contributed by atoms with Gasteiger partial charge in [-0.05, 0) is 77.0 Å². The number of ether oxygens (including phenoxy) is 6. The number of cyclic esters (lactones) is 4. The van der Waals surface area contributed by atoms with Crippen molar-refractivity contribution in [1.29, 1.82) is 0 Å². The zero-order valence-electron chi connectivity index (χ0n) is 45.1. The molecule has 2 heterocycles. The minimum atomic E-state index is -5.14. The van der Waals surface area contributed by atoms with Crippen LogP contribution in [0.3, 0.4) is 0 Å². The van der Waals surface area contributed by atoms with E-state index in [1.165, 1.54) is 0 Å². The van der Waals surface area contributed by atoms with Crippen molar-refractivity contribution in [3.63, 3.8) is 0 Å². The molecule has 0 spiro atoms. The Morgan fingerprint density at radius 3 is 1.13 bits per heavy atom. The molecule has 20 nitrogen and oxygen atoms in total. The summed E-state index contributed by atoms with van der Waals surface area (Å²) in [4.78, 5) is 72.1. The summed E-state index contributed by atoms with van der Waals surface area (Å²) in [6.07, 6.45) is 41.5. The van der Waals surface area contributed by atoms with Gasteiger partial charge in [-0.15, -0.1) is 0 Å². The Kier molecular flexibility index (Phi) is 41.0. The third-order valence-corrected chi connectivity index (χ3v) is 14.0. The van der Waals surface area contributed by atoms with Gasteiger partial charge in [0, 0.05) is 12.8 Å². The molecule has 0 aromatic rings. The second kappa shape index (κ2) is 43.1. The quantitative estimate of drug-likeness (QED) is 0.0171. The van der Waals surface area contributed by atoms with Crippen molar-refractivity contribution in [2.45, 2.75) is 166 Å². The Bertz CT molecular complexity index is 2000. The molecule has 4 unspecified atom stereocenters. The van der Waals surface area contributed by atoms with Gasteiger partial charge in [-0.1, -0.05) is 125 Å². The normalized spacial score (nSPS) is 21.0. The average molecular weight is 1160 g/mol. The van der Waals surface area contributed by atoms with E-state index in [0.29, 0.717) is 12.8 Å².